The molecule has 0 spiro atoms. The number of hydrogen-bond donors (Lipinski definition) is 0. The van der Waals surface area contributed by atoms with E-state index in [0.717, 1.165) is 51.6 Å². The van der Waals surface area contributed by atoms with Gasteiger partial charge in [-0.2, -0.15) is 0 Å². The maximum atomic E-state index is 11.7. The first kappa shape index (κ1) is 18.2. The van der Waals surface area contributed by atoms with E-state index in [4.69, 9.17) is 4.74 Å². The molecule has 1 atom stereocenters. The Bertz CT molecular complexity index is 419. The molecule has 0 N–H and O–H groups in total. The summed E-state index contributed by atoms with van der Waals surface area (Å²) in [6.07, 6.45) is 7.20. The average molecular weight is 333 g/mol. The van der Waals surface area contributed by atoms with Gasteiger partial charge in [-0.25, -0.2) is 12.7 Å². The lowest BCUT2D eigenvalue weighted by Gasteiger charge is -2.37. The van der Waals surface area contributed by atoms with E-state index in [9.17, 15) is 8.42 Å². The third kappa shape index (κ3) is 5.80. The van der Waals surface area contributed by atoms with E-state index in [1.807, 2.05) is 6.92 Å². The van der Waals surface area contributed by atoms with Gasteiger partial charge in [-0.05, 0) is 64.0 Å². The summed E-state index contributed by atoms with van der Waals surface area (Å²) in [5, 5.41) is 0. The van der Waals surface area contributed by atoms with Crippen LogP contribution in [0.1, 0.15) is 39.0 Å². The molecular weight excluding hydrogens is 300 g/mol. The van der Waals surface area contributed by atoms with E-state index in [1.165, 1.54) is 25.5 Å². The van der Waals surface area contributed by atoms with Crippen molar-refractivity contribution in [2.45, 2.75) is 39.0 Å². The number of sulfonamides is 1. The van der Waals surface area contributed by atoms with Crippen LogP contribution in [0.2, 0.25) is 0 Å². The third-order valence-corrected chi connectivity index (χ3v) is 6.32. The van der Waals surface area contributed by atoms with Crippen LogP contribution in [-0.2, 0) is 14.8 Å². The minimum atomic E-state index is -3.02. The molecule has 0 aromatic carbocycles. The van der Waals surface area contributed by atoms with Gasteiger partial charge in [-0.1, -0.05) is 0 Å². The van der Waals surface area contributed by atoms with Gasteiger partial charge in [0.25, 0.3) is 0 Å². The molecule has 6 heteroatoms. The molecule has 2 heterocycles. The predicted octanol–water partition coefficient (Wildman–Crippen LogP) is 1.80. The van der Waals surface area contributed by atoms with E-state index >= 15 is 0 Å². The molecule has 0 saturated carbocycles. The van der Waals surface area contributed by atoms with Gasteiger partial charge in [0.2, 0.25) is 10.0 Å². The summed E-state index contributed by atoms with van der Waals surface area (Å²) in [5.74, 6) is 1.31. The predicted molar refractivity (Wildman–Crippen MR) is 89.4 cm³/mol. The van der Waals surface area contributed by atoms with E-state index in [2.05, 4.69) is 4.90 Å². The fourth-order valence-corrected chi connectivity index (χ4v) is 4.64. The molecule has 2 saturated heterocycles. The minimum absolute atomic E-state index is 0.503. The lowest BCUT2D eigenvalue weighted by atomic mass is 9.92. The van der Waals surface area contributed by atoms with Gasteiger partial charge >= 0.3 is 0 Å². The fourth-order valence-electron chi connectivity index (χ4n) is 3.69. The van der Waals surface area contributed by atoms with Crippen molar-refractivity contribution in [3.05, 3.63) is 0 Å². The second kappa shape index (κ2) is 8.62. The minimum Gasteiger partial charge on any atom is -0.382 e. The van der Waals surface area contributed by atoms with Gasteiger partial charge in [-0.3, -0.25) is 0 Å². The number of piperidine rings is 2. The molecule has 0 amide bonds. The Morgan fingerprint density at radius 1 is 1.09 bits per heavy atom. The molecule has 0 aliphatic carbocycles. The molecule has 0 aromatic rings. The highest BCUT2D eigenvalue weighted by atomic mass is 32.2. The smallest absolute Gasteiger partial charge is 0.211 e. The molecule has 22 heavy (non-hydrogen) atoms. The van der Waals surface area contributed by atoms with Gasteiger partial charge in [0.15, 0.2) is 0 Å². The first-order chi connectivity index (χ1) is 10.5. The van der Waals surface area contributed by atoms with Gasteiger partial charge in [0, 0.05) is 32.8 Å². The van der Waals surface area contributed by atoms with Crippen molar-refractivity contribution in [3.63, 3.8) is 0 Å². The van der Waals surface area contributed by atoms with Gasteiger partial charge in [0.1, 0.15) is 0 Å². The Balaban J connectivity index is 1.69. The van der Waals surface area contributed by atoms with Crippen LogP contribution >= 0.6 is 0 Å². The Labute approximate surface area is 136 Å². The van der Waals surface area contributed by atoms with Gasteiger partial charge < -0.3 is 9.64 Å². The zero-order chi connectivity index (χ0) is 16.0. The van der Waals surface area contributed by atoms with E-state index < -0.39 is 10.0 Å². The first-order valence-corrected chi connectivity index (χ1v) is 10.6. The van der Waals surface area contributed by atoms with Crippen molar-refractivity contribution in [3.8, 4) is 0 Å². The Morgan fingerprint density at radius 3 is 2.45 bits per heavy atom. The summed E-state index contributed by atoms with van der Waals surface area (Å²) in [6.45, 7) is 8.55. The lowest BCUT2D eigenvalue weighted by molar-refractivity contribution is 0.0989. The second-order valence-electron chi connectivity index (χ2n) is 6.86. The quantitative estimate of drug-likeness (QED) is 0.667. The van der Waals surface area contributed by atoms with Crippen molar-refractivity contribution in [2.75, 3.05) is 52.2 Å². The van der Waals surface area contributed by atoms with E-state index in [0.29, 0.717) is 19.0 Å². The van der Waals surface area contributed by atoms with Gasteiger partial charge in [-0.15, -0.1) is 0 Å². The zero-order valence-electron chi connectivity index (χ0n) is 14.2. The highest BCUT2D eigenvalue weighted by Crippen LogP contribution is 2.24. The Hall–Kier alpha value is -0.170. The fraction of sp³-hybridized carbons (Fsp3) is 1.00. The largest absolute Gasteiger partial charge is 0.382 e. The molecule has 2 aliphatic heterocycles. The summed E-state index contributed by atoms with van der Waals surface area (Å²) in [4.78, 5) is 2.54. The molecule has 0 bridgehead atoms. The van der Waals surface area contributed by atoms with E-state index in [1.54, 1.807) is 4.31 Å². The maximum Gasteiger partial charge on any atom is 0.211 e. The summed E-state index contributed by atoms with van der Waals surface area (Å²) in [7, 11) is -3.02. The molecule has 2 fully saturated rings. The van der Waals surface area contributed by atoms with Crippen LogP contribution in [0.15, 0.2) is 0 Å². The van der Waals surface area contributed by atoms with Crippen molar-refractivity contribution in [1.29, 1.82) is 0 Å². The lowest BCUT2D eigenvalue weighted by Crippen LogP contribution is -2.45. The van der Waals surface area contributed by atoms with Crippen LogP contribution in [0.3, 0.4) is 0 Å². The summed E-state index contributed by atoms with van der Waals surface area (Å²) >= 11 is 0. The average Bonchev–Trinajstić information content (AvgIpc) is 2.49. The van der Waals surface area contributed by atoms with Crippen LogP contribution in [0, 0.1) is 11.8 Å². The van der Waals surface area contributed by atoms with Crippen LogP contribution in [-0.4, -0.2) is 69.8 Å². The highest BCUT2D eigenvalue weighted by Gasteiger charge is 2.28. The van der Waals surface area contributed by atoms with Crippen molar-refractivity contribution >= 4 is 10.0 Å². The number of ether oxygens (including phenoxy) is 1. The number of hydrogen-bond acceptors (Lipinski definition) is 4. The monoisotopic (exact) mass is 332 g/mol. The highest BCUT2D eigenvalue weighted by molar-refractivity contribution is 7.88. The standard InChI is InChI=1S/C16H32N2O3S/c1-3-21-12-8-15-6-10-17(11-7-15)13-16-5-4-9-18(14-16)22(2,19)20/h15-16H,3-14H2,1-2H3/t16-/m1/s1. The third-order valence-electron chi connectivity index (χ3n) is 5.05. The first-order valence-electron chi connectivity index (χ1n) is 8.74. The van der Waals surface area contributed by atoms with Crippen molar-refractivity contribution < 1.29 is 13.2 Å². The summed E-state index contributed by atoms with van der Waals surface area (Å²) in [6, 6.07) is 0. The Morgan fingerprint density at radius 2 is 1.82 bits per heavy atom. The molecule has 0 aromatic heterocycles. The second-order valence-corrected chi connectivity index (χ2v) is 8.84. The SMILES string of the molecule is CCOCCC1CCN(C[C@H]2CCCN(S(C)(=O)=O)C2)CC1. The number of likely N-dealkylation sites (tertiary alicyclic amines) is 1. The molecule has 0 radical (unpaired) electrons. The summed E-state index contributed by atoms with van der Waals surface area (Å²) < 4.78 is 30.5. The molecule has 0 unspecified atom stereocenters. The van der Waals surface area contributed by atoms with E-state index in [-0.39, 0.29) is 0 Å². The van der Waals surface area contributed by atoms with Crippen LogP contribution < -0.4 is 0 Å². The van der Waals surface area contributed by atoms with Crippen LogP contribution in [0.25, 0.3) is 0 Å². The van der Waals surface area contributed by atoms with Crippen molar-refractivity contribution in [1.82, 2.24) is 9.21 Å². The molecular formula is C16H32N2O3S. The van der Waals surface area contributed by atoms with Crippen LogP contribution in [0.5, 0.6) is 0 Å². The number of rotatable bonds is 7. The molecule has 2 aliphatic rings. The van der Waals surface area contributed by atoms with Gasteiger partial charge in [0.05, 0.1) is 6.26 Å². The normalized spacial score (nSPS) is 26.4. The zero-order valence-corrected chi connectivity index (χ0v) is 15.0. The molecule has 5 nitrogen and oxygen atoms in total. The number of nitrogens with zero attached hydrogens (tertiary/aromatic N) is 2. The Kier molecular flexibility index (Phi) is 7.12. The van der Waals surface area contributed by atoms with Crippen molar-refractivity contribution in [2.24, 2.45) is 11.8 Å². The summed E-state index contributed by atoms with van der Waals surface area (Å²) in [5.41, 5.74) is 0. The topological polar surface area (TPSA) is 49.9 Å². The molecule has 2 rings (SSSR count). The maximum absolute atomic E-state index is 11.7. The molecule has 130 valence electrons. The van der Waals surface area contributed by atoms with Crippen LogP contribution in [0.4, 0.5) is 0 Å².